The third-order valence-corrected chi connectivity index (χ3v) is 4.87. The van der Waals surface area contributed by atoms with Gasteiger partial charge < -0.3 is 14.8 Å². The quantitative estimate of drug-likeness (QED) is 0.909. The van der Waals surface area contributed by atoms with Crippen LogP contribution in [-0.2, 0) is 11.2 Å². The number of hydrogen-bond donors (Lipinski definition) is 1. The van der Waals surface area contributed by atoms with Gasteiger partial charge in [-0.3, -0.25) is 4.79 Å². The molecule has 4 heteroatoms. The van der Waals surface area contributed by atoms with E-state index in [2.05, 4.69) is 19.2 Å². The van der Waals surface area contributed by atoms with E-state index in [1.54, 1.807) is 14.2 Å². The summed E-state index contributed by atoms with van der Waals surface area (Å²) < 4.78 is 10.5. The molecule has 1 amide bonds. The Labute approximate surface area is 133 Å². The lowest BCUT2D eigenvalue weighted by Crippen LogP contribution is -2.44. The predicted octanol–water partition coefficient (Wildman–Crippen LogP) is 3.19. The van der Waals surface area contributed by atoms with Gasteiger partial charge in [-0.25, -0.2) is 0 Å². The van der Waals surface area contributed by atoms with Gasteiger partial charge in [0.05, 0.1) is 20.6 Å². The molecule has 22 heavy (non-hydrogen) atoms. The summed E-state index contributed by atoms with van der Waals surface area (Å²) in [6.45, 7) is 4.52. The minimum atomic E-state index is 0.0816. The highest BCUT2D eigenvalue weighted by Crippen LogP contribution is 2.30. The Hall–Kier alpha value is -1.71. The van der Waals surface area contributed by atoms with Crippen LogP contribution >= 0.6 is 0 Å². The van der Waals surface area contributed by atoms with Gasteiger partial charge in [0, 0.05) is 6.04 Å². The SMILES string of the molecule is COc1ccc(CC(=O)NC2CCCC(C)C2C)cc1OC. The van der Waals surface area contributed by atoms with Gasteiger partial charge in [0.2, 0.25) is 5.91 Å². The normalized spacial score (nSPS) is 24.6. The van der Waals surface area contributed by atoms with Crippen LogP contribution in [0.4, 0.5) is 0 Å². The van der Waals surface area contributed by atoms with Gasteiger partial charge in [0.1, 0.15) is 0 Å². The maximum Gasteiger partial charge on any atom is 0.224 e. The zero-order chi connectivity index (χ0) is 16.1. The van der Waals surface area contributed by atoms with Crippen molar-refractivity contribution in [2.75, 3.05) is 14.2 Å². The van der Waals surface area contributed by atoms with Crippen LogP contribution in [0.25, 0.3) is 0 Å². The Morgan fingerprint density at radius 3 is 2.59 bits per heavy atom. The molecule has 1 fully saturated rings. The maximum atomic E-state index is 12.3. The van der Waals surface area contributed by atoms with E-state index in [9.17, 15) is 4.79 Å². The van der Waals surface area contributed by atoms with E-state index < -0.39 is 0 Å². The molecule has 2 rings (SSSR count). The molecular formula is C18H27NO3. The molecule has 0 aliphatic heterocycles. The average molecular weight is 305 g/mol. The van der Waals surface area contributed by atoms with Crippen LogP contribution < -0.4 is 14.8 Å². The Morgan fingerprint density at radius 2 is 1.91 bits per heavy atom. The molecule has 1 aliphatic carbocycles. The second-order valence-corrected chi connectivity index (χ2v) is 6.31. The van der Waals surface area contributed by atoms with Crippen molar-refractivity contribution in [1.82, 2.24) is 5.32 Å². The summed E-state index contributed by atoms with van der Waals surface area (Å²) in [5.41, 5.74) is 0.937. The summed E-state index contributed by atoms with van der Waals surface area (Å²) in [6.07, 6.45) is 3.93. The number of carbonyl (C=O) groups excluding carboxylic acids is 1. The Morgan fingerprint density at radius 1 is 1.18 bits per heavy atom. The predicted molar refractivity (Wildman–Crippen MR) is 87.4 cm³/mol. The molecule has 1 aromatic rings. The molecule has 0 aromatic heterocycles. The first-order valence-corrected chi connectivity index (χ1v) is 8.05. The zero-order valence-corrected chi connectivity index (χ0v) is 14.0. The maximum absolute atomic E-state index is 12.3. The summed E-state index contributed by atoms with van der Waals surface area (Å²) in [5, 5.41) is 3.20. The van der Waals surface area contributed by atoms with Crippen molar-refractivity contribution in [3.63, 3.8) is 0 Å². The minimum absolute atomic E-state index is 0.0816. The Kier molecular flexibility index (Phi) is 5.69. The molecule has 4 nitrogen and oxygen atoms in total. The highest BCUT2D eigenvalue weighted by atomic mass is 16.5. The van der Waals surface area contributed by atoms with Crippen LogP contribution in [0.2, 0.25) is 0 Å². The standard InChI is InChI=1S/C18H27NO3/c1-12-6-5-7-15(13(12)2)19-18(20)11-14-8-9-16(21-3)17(10-14)22-4/h8-10,12-13,15H,5-7,11H2,1-4H3,(H,19,20). The summed E-state index contributed by atoms with van der Waals surface area (Å²) in [5.74, 6) is 2.65. The van der Waals surface area contributed by atoms with Gasteiger partial charge in [-0.05, 0) is 36.0 Å². The highest BCUT2D eigenvalue weighted by molar-refractivity contribution is 5.79. The first-order valence-electron chi connectivity index (χ1n) is 8.05. The first kappa shape index (κ1) is 16.7. The molecule has 0 spiro atoms. The Bertz CT molecular complexity index is 515. The number of hydrogen-bond acceptors (Lipinski definition) is 3. The van der Waals surface area contributed by atoms with E-state index >= 15 is 0 Å². The number of nitrogens with one attached hydrogen (secondary N) is 1. The minimum Gasteiger partial charge on any atom is -0.493 e. The van der Waals surface area contributed by atoms with Gasteiger partial charge in [-0.2, -0.15) is 0 Å². The van der Waals surface area contributed by atoms with Crippen molar-refractivity contribution >= 4 is 5.91 Å². The molecule has 1 aromatic carbocycles. The number of carbonyl (C=O) groups is 1. The van der Waals surface area contributed by atoms with E-state index in [-0.39, 0.29) is 5.91 Å². The summed E-state index contributed by atoms with van der Waals surface area (Å²) in [7, 11) is 3.21. The smallest absolute Gasteiger partial charge is 0.224 e. The molecule has 3 atom stereocenters. The van der Waals surface area contributed by atoms with Crippen molar-refractivity contribution < 1.29 is 14.3 Å². The zero-order valence-electron chi connectivity index (χ0n) is 14.0. The van der Waals surface area contributed by atoms with E-state index in [4.69, 9.17) is 9.47 Å². The fourth-order valence-electron chi connectivity index (χ4n) is 3.22. The fraction of sp³-hybridized carbons (Fsp3) is 0.611. The van der Waals surface area contributed by atoms with E-state index in [1.165, 1.54) is 12.8 Å². The fourth-order valence-corrected chi connectivity index (χ4v) is 3.22. The van der Waals surface area contributed by atoms with Crippen LogP contribution in [0.1, 0.15) is 38.7 Å². The van der Waals surface area contributed by atoms with Crippen LogP contribution in [-0.4, -0.2) is 26.2 Å². The van der Waals surface area contributed by atoms with Crippen LogP contribution in [0.5, 0.6) is 11.5 Å². The van der Waals surface area contributed by atoms with Gasteiger partial charge in [0.25, 0.3) is 0 Å². The number of ether oxygens (including phenoxy) is 2. The van der Waals surface area contributed by atoms with Crippen molar-refractivity contribution in [2.45, 2.75) is 45.6 Å². The second kappa shape index (κ2) is 7.52. The number of rotatable bonds is 5. The van der Waals surface area contributed by atoms with Gasteiger partial charge >= 0.3 is 0 Å². The van der Waals surface area contributed by atoms with Crippen molar-refractivity contribution in [2.24, 2.45) is 11.8 Å². The summed E-state index contributed by atoms with van der Waals surface area (Å²) >= 11 is 0. The molecule has 0 heterocycles. The van der Waals surface area contributed by atoms with Crippen LogP contribution in [0, 0.1) is 11.8 Å². The molecule has 1 saturated carbocycles. The Balaban J connectivity index is 1.97. The molecule has 3 unspecified atom stereocenters. The molecule has 0 saturated heterocycles. The lowest BCUT2D eigenvalue weighted by atomic mass is 9.78. The largest absolute Gasteiger partial charge is 0.493 e. The number of methoxy groups -OCH3 is 2. The lowest BCUT2D eigenvalue weighted by molar-refractivity contribution is -0.121. The van der Waals surface area contributed by atoms with Crippen molar-refractivity contribution in [1.29, 1.82) is 0 Å². The summed E-state index contributed by atoms with van der Waals surface area (Å²) in [4.78, 5) is 12.3. The van der Waals surface area contributed by atoms with Crippen molar-refractivity contribution in [3.8, 4) is 11.5 Å². The van der Waals surface area contributed by atoms with Crippen molar-refractivity contribution in [3.05, 3.63) is 23.8 Å². The van der Waals surface area contributed by atoms with Crippen LogP contribution in [0.3, 0.4) is 0 Å². The van der Waals surface area contributed by atoms with Gasteiger partial charge in [0.15, 0.2) is 11.5 Å². The third-order valence-electron chi connectivity index (χ3n) is 4.87. The molecule has 0 bridgehead atoms. The molecule has 1 N–H and O–H groups in total. The highest BCUT2D eigenvalue weighted by Gasteiger charge is 2.28. The number of amides is 1. The molecule has 122 valence electrons. The summed E-state index contributed by atoms with van der Waals surface area (Å²) in [6, 6.07) is 5.92. The number of benzene rings is 1. The molecular weight excluding hydrogens is 278 g/mol. The van der Waals surface area contributed by atoms with E-state index in [1.807, 2.05) is 18.2 Å². The third kappa shape index (κ3) is 3.93. The van der Waals surface area contributed by atoms with Gasteiger partial charge in [-0.15, -0.1) is 0 Å². The van der Waals surface area contributed by atoms with E-state index in [0.29, 0.717) is 35.8 Å². The van der Waals surface area contributed by atoms with E-state index in [0.717, 1.165) is 12.0 Å². The van der Waals surface area contributed by atoms with Crippen LogP contribution in [0.15, 0.2) is 18.2 Å². The first-order chi connectivity index (χ1) is 10.5. The molecule has 1 aliphatic rings. The van der Waals surface area contributed by atoms with Gasteiger partial charge in [-0.1, -0.05) is 32.8 Å². The average Bonchev–Trinajstić information content (AvgIpc) is 2.51. The second-order valence-electron chi connectivity index (χ2n) is 6.31. The molecule has 0 radical (unpaired) electrons. The lowest BCUT2D eigenvalue weighted by Gasteiger charge is -2.34. The monoisotopic (exact) mass is 305 g/mol. The topological polar surface area (TPSA) is 47.6 Å².